The van der Waals surface area contributed by atoms with Crippen LogP contribution in [-0.4, -0.2) is 68.9 Å². The molecule has 2 aromatic carbocycles. The number of rotatable bonds is 9. The van der Waals surface area contributed by atoms with Crippen LogP contribution in [0, 0.1) is 12.8 Å². The fourth-order valence-electron chi connectivity index (χ4n) is 6.65. The smallest absolute Gasteiger partial charge is 0.240 e. The summed E-state index contributed by atoms with van der Waals surface area (Å²) in [6.45, 7) is 3.41. The minimum atomic E-state index is -0.415. The molecule has 0 bridgehead atoms. The van der Waals surface area contributed by atoms with E-state index in [-0.39, 0.29) is 29.6 Å². The third kappa shape index (κ3) is 5.79. The minimum Gasteiger partial charge on any atom is -0.497 e. The molecule has 1 unspecified atom stereocenters. The second-order valence-electron chi connectivity index (χ2n) is 11.8. The summed E-state index contributed by atoms with van der Waals surface area (Å²) < 4.78 is 7.05. The average Bonchev–Trinajstić information content (AvgIpc) is 3.75. The van der Waals surface area contributed by atoms with E-state index >= 15 is 0 Å². The van der Waals surface area contributed by atoms with Gasteiger partial charge in [0.05, 0.1) is 24.7 Å². The van der Waals surface area contributed by atoms with Crippen LogP contribution in [0.15, 0.2) is 60.9 Å². The molecule has 9 heteroatoms. The molecular formula is C33H38N6O3. The van der Waals surface area contributed by atoms with Crippen LogP contribution in [0.2, 0.25) is 0 Å². The lowest BCUT2D eigenvalue weighted by molar-refractivity contribution is -0.139. The van der Waals surface area contributed by atoms with Crippen molar-refractivity contribution in [3.8, 4) is 5.75 Å². The van der Waals surface area contributed by atoms with Gasteiger partial charge in [0.25, 0.3) is 0 Å². The highest BCUT2D eigenvalue weighted by Crippen LogP contribution is 2.33. The van der Waals surface area contributed by atoms with Crippen LogP contribution in [0.1, 0.15) is 47.4 Å². The average molecular weight is 567 g/mol. The number of hydrogen-bond acceptors (Lipinski definition) is 7. The van der Waals surface area contributed by atoms with Crippen molar-refractivity contribution in [3.63, 3.8) is 0 Å². The molecule has 2 aromatic heterocycles. The zero-order chi connectivity index (χ0) is 29.2. The number of hydrogen-bond donors (Lipinski definition) is 1. The Kier molecular flexibility index (Phi) is 8.02. The molecule has 9 nitrogen and oxygen atoms in total. The quantitative estimate of drug-likeness (QED) is 0.329. The highest BCUT2D eigenvalue weighted by atomic mass is 16.5. The maximum Gasteiger partial charge on any atom is 0.240 e. The third-order valence-electron chi connectivity index (χ3n) is 9.01. The number of nitrogens with one attached hydrogen (secondary N) is 1. The number of aromatic nitrogens is 4. The molecule has 4 heterocycles. The van der Waals surface area contributed by atoms with E-state index in [1.807, 2.05) is 54.5 Å². The summed E-state index contributed by atoms with van der Waals surface area (Å²) in [7, 11) is 3.53. The number of amides is 1. The molecule has 1 amide bonds. The van der Waals surface area contributed by atoms with E-state index in [0.717, 1.165) is 35.3 Å². The van der Waals surface area contributed by atoms with Crippen LogP contribution < -0.4 is 10.1 Å². The molecule has 2 saturated heterocycles. The van der Waals surface area contributed by atoms with Gasteiger partial charge in [0.15, 0.2) is 5.78 Å². The van der Waals surface area contributed by atoms with Crippen LogP contribution in [-0.2, 0) is 29.5 Å². The van der Waals surface area contributed by atoms with Crippen molar-refractivity contribution in [1.29, 1.82) is 0 Å². The van der Waals surface area contributed by atoms with Gasteiger partial charge in [0.2, 0.25) is 5.91 Å². The Labute approximate surface area is 246 Å². The number of methoxy groups -OCH3 is 1. The lowest BCUT2D eigenvalue weighted by Gasteiger charge is -2.27. The Morgan fingerprint density at radius 1 is 1.07 bits per heavy atom. The molecule has 4 atom stereocenters. The van der Waals surface area contributed by atoms with E-state index in [0.29, 0.717) is 32.2 Å². The van der Waals surface area contributed by atoms with Crippen LogP contribution >= 0.6 is 0 Å². The lowest BCUT2D eigenvalue weighted by atomic mass is 9.93. The maximum absolute atomic E-state index is 14.0. The molecule has 218 valence electrons. The number of pyridine rings is 1. The first-order valence-corrected chi connectivity index (χ1v) is 14.8. The number of aryl methyl sites for hydroxylation is 3. The van der Waals surface area contributed by atoms with Gasteiger partial charge in [0.1, 0.15) is 11.3 Å². The van der Waals surface area contributed by atoms with Gasteiger partial charge in [0, 0.05) is 44.9 Å². The van der Waals surface area contributed by atoms with Crippen molar-refractivity contribution >= 4 is 22.7 Å². The number of benzene rings is 2. The van der Waals surface area contributed by atoms with Gasteiger partial charge < -0.3 is 15.0 Å². The van der Waals surface area contributed by atoms with Crippen molar-refractivity contribution in [2.75, 3.05) is 20.2 Å². The third-order valence-corrected chi connectivity index (χ3v) is 9.01. The summed E-state index contributed by atoms with van der Waals surface area (Å²) in [5.41, 5.74) is 6.40. The van der Waals surface area contributed by atoms with Crippen molar-refractivity contribution in [3.05, 3.63) is 83.2 Å². The van der Waals surface area contributed by atoms with Gasteiger partial charge >= 0.3 is 0 Å². The number of likely N-dealkylation sites (tertiary alicyclic amines) is 1. The van der Waals surface area contributed by atoms with Gasteiger partial charge in [-0.05, 0) is 91.1 Å². The molecule has 2 fully saturated rings. The maximum atomic E-state index is 14.0. The summed E-state index contributed by atoms with van der Waals surface area (Å²) in [5.74, 6) is 1.43. The first-order valence-electron chi connectivity index (χ1n) is 14.8. The molecule has 2 aliphatic rings. The summed E-state index contributed by atoms with van der Waals surface area (Å²) in [6.07, 6.45) is 6.92. The molecule has 42 heavy (non-hydrogen) atoms. The molecule has 1 N–H and O–H groups in total. The predicted octanol–water partition coefficient (Wildman–Crippen LogP) is 3.79. The molecule has 0 saturated carbocycles. The van der Waals surface area contributed by atoms with Gasteiger partial charge in [-0.3, -0.25) is 14.6 Å². The van der Waals surface area contributed by atoms with Gasteiger partial charge in [-0.15, -0.1) is 5.10 Å². The molecule has 4 aromatic rings. The van der Waals surface area contributed by atoms with Crippen LogP contribution in [0.4, 0.5) is 0 Å². The topological polar surface area (TPSA) is 102 Å². The van der Waals surface area contributed by atoms with Crippen LogP contribution in [0.25, 0.3) is 11.0 Å². The summed E-state index contributed by atoms with van der Waals surface area (Å²) in [6, 6.07) is 15.4. The van der Waals surface area contributed by atoms with E-state index in [9.17, 15) is 9.59 Å². The molecule has 6 rings (SSSR count). The number of carbonyl (C=O) groups excluding carboxylic acids is 2. The molecule has 2 aliphatic heterocycles. The first kappa shape index (κ1) is 28.0. The van der Waals surface area contributed by atoms with Gasteiger partial charge in [-0.25, -0.2) is 4.68 Å². The monoisotopic (exact) mass is 566 g/mol. The number of nitrogens with zero attached hydrogens (tertiary/aromatic N) is 5. The van der Waals surface area contributed by atoms with Gasteiger partial charge in [-0.1, -0.05) is 23.4 Å². The van der Waals surface area contributed by atoms with Crippen LogP contribution in [0.5, 0.6) is 5.75 Å². The normalized spacial score (nSPS) is 22.1. The lowest BCUT2D eigenvalue weighted by Crippen LogP contribution is -2.48. The van der Waals surface area contributed by atoms with Crippen molar-refractivity contribution in [1.82, 2.24) is 30.2 Å². The van der Waals surface area contributed by atoms with E-state index in [1.165, 1.54) is 16.7 Å². The number of fused-ring (bicyclic) bond motifs is 1. The highest BCUT2D eigenvalue weighted by molar-refractivity contribution is 5.92. The Hall–Kier alpha value is -4.11. The molecule has 0 radical (unpaired) electrons. The molecular weight excluding hydrogens is 528 g/mol. The largest absolute Gasteiger partial charge is 0.497 e. The van der Waals surface area contributed by atoms with Gasteiger partial charge in [-0.2, -0.15) is 0 Å². The van der Waals surface area contributed by atoms with Crippen LogP contribution in [0.3, 0.4) is 0 Å². The first-order chi connectivity index (χ1) is 20.4. The van der Waals surface area contributed by atoms with E-state index < -0.39 is 6.04 Å². The summed E-state index contributed by atoms with van der Waals surface area (Å²) >= 11 is 0. The number of ketones is 1. The zero-order valence-electron chi connectivity index (χ0n) is 24.5. The molecule has 0 spiro atoms. The Morgan fingerprint density at radius 2 is 1.88 bits per heavy atom. The van der Waals surface area contributed by atoms with Crippen molar-refractivity contribution < 1.29 is 14.3 Å². The fraction of sp³-hybridized carbons (Fsp3) is 0.424. The van der Waals surface area contributed by atoms with E-state index in [4.69, 9.17) is 4.74 Å². The summed E-state index contributed by atoms with van der Waals surface area (Å²) in [4.78, 5) is 33.9. The summed E-state index contributed by atoms with van der Waals surface area (Å²) in [5, 5.41) is 11.8. The second-order valence-corrected chi connectivity index (χ2v) is 11.8. The van der Waals surface area contributed by atoms with E-state index in [1.54, 1.807) is 18.0 Å². The number of Topliss-reactive ketones (excluding diaryl/α,β-unsaturated/α-hetero) is 1. The fourth-order valence-corrected chi connectivity index (χ4v) is 6.65. The van der Waals surface area contributed by atoms with Crippen molar-refractivity contribution in [2.45, 2.75) is 57.0 Å². The Morgan fingerprint density at radius 3 is 2.67 bits per heavy atom. The highest BCUT2D eigenvalue weighted by Gasteiger charge is 2.43. The number of carbonyl (C=O) groups is 2. The standard InChI is InChI=1S/C33H38N6O3/c1-21-12-13-34-19-27(21)25-17-29(35-18-25)33(41)39-20-24(14-22-4-8-26(42-3)9-5-22)16-31(39)32(40)11-7-23-6-10-30-28(15-23)36-37-38(30)2/h4-6,8-10,12-13,15,19,24-25,29,31,35H,7,11,14,16-18,20H2,1-3H3/t24-,25?,29-,31+/m1/s1. The Bertz CT molecular complexity index is 1580. The van der Waals surface area contributed by atoms with Crippen molar-refractivity contribution in [2.24, 2.45) is 13.0 Å². The SMILES string of the molecule is COc1ccc(C[C@@H]2C[C@@H](C(=O)CCc3ccc4c(c3)nnn4C)N(C(=O)[C@H]3CC(c4cnccc4C)CN3)C2)cc1. The Balaban J connectivity index is 1.17. The second kappa shape index (κ2) is 12.0. The predicted molar refractivity (Wildman–Crippen MR) is 160 cm³/mol. The number of ether oxygens (including phenoxy) is 1. The molecule has 0 aliphatic carbocycles. The van der Waals surface area contributed by atoms with E-state index in [2.05, 4.69) is 39.7 Å². The minimum absolute atomic E-state index is 0.0376. The zero-order valence-corrected chi connectivity index (χ0v) is 24.5.